The molecule has 1 saturated heterocycles. The Morgan fingerprint density at radius 3 is 2.75 bits per heavy atom. The highest BCUT2D eigenvalue weighted by atomic mass is 16.2. The van der Waals surface area contributed by atoms with Crippen molar-refractivity contribution in [3.8, 4) is 0 Å². The summed E-state index contributed by atoms with van der Waals surface area (Å²) in [6.07, 6.45) is 8.24. The van der Waals surface area contributed by atoms with E-state index in [1.54, 1.807) is 0 Å². The number of hydrogen-bond donors (Lipinski definition) is 0. The predicted octanol–water partition coefficient (Wildman–Crippen LogP) is 3.77. The van der Waals surface area contributed by atoms with Crippen LogP contribution in [0.5, 0.6) is 0 Å². The van der Waals surface area contributed by atoms with Gasteiger partial charge in [0.25, 0.3) is 0 Å². The Morgan fingerprint density at radius 1 is 1.21 bits per heavy atom. The van der Waals surface area contributed by atoms with Crippen molar-refractivity contribution in [1.82, 2.24) is 4.90 Å². The molecule has 0 N–H and O–H groups in total. The van der Waals surface area contributed by atoms with Gasteiger partial charge in [-0.15, -0.1) is 0 Å². The number of carbonyl (C=O) groups excluding carboxylic acids is 2. The van der Waals surface area contributed by atoms with E-state index in [0.717, 1.165) is 25.1 Å². The normalized spacial score (nSPS) is 19.1. The van der Waals surface area contributed by atoms with Gasteiger partial charge >= 0.3 is 0 Å². The standard InChI is InChI=1S/C23H33N3O2/c1-4-19-11-7-8-14-25(19)20-12-13-21-18(16-20)10-9-15-26(21)23(28)17-24(6-3)22(27)5-2/h5,12-13,16,19H,2,4,6-11,14-15,17H2,1,3H3. The van der Waals surface area contributed by atoms with E-state index in [1.165, 1.54) is 47.9 Å². The Hall–Kier alpha value is -2.30. The summed E-state index contributed by atoms with van der Waals surface area (Å²) in [7, 11) is 0. The first-order chi connectivity index (χ1) is 13.6. The van der Waals surface area contributed by atoms with E-state index in [0.29, 0.717) is 19.1 Å². The number of amides is 2. The number of fused-ring (bicyclic) bond motifs is 1. The maximum atomic E-state index is 12.9. The topological polar surface area (TPSA) is 43.9 Å². The Balaban J connectivity index is 1.79. The molecular formula is C23H33N3O2. The Kier molecular flexibility index (Phi) is 6.76. The first-order valence-corrected chi connectivity index (χ1v) is 10.7. The number of carbonyl (C=O) groups is 2. The summed E-state index contributed by atoms with van der Waals surface area (Å²) >= 11 is 0. The molecule has 0 saturated carbocycles. The van der Waals surface area contributed by atoms with Crippen LogP contribution in [0.15, 0.2) is 30.9 Å². The van der Waals surface area contributed by atoms with E-state index in [1.807, 2.05) is 11.8 Å². The number of benzene rings is 1. The molecule has 5 nitrogen and oxygen atoms in total. The highest BCUT2D eigenvalue weighted by molar-refractivity contribution is 5.99. The van der Waals surface area contributed by atoms with Crippen LogP contribution in [-0.4, -0.2) is 48.9 Å². The third-order valence-electron chi connectivity index (χ3n) is 6.11. The van der Waals surface area contributed by atoms with Gasteiger partial charge in [0, 0.05) is 37.1 Å². The van der Waals surface area contributed by atoms with E-state index < -0.39 is 0 Å². The summed E-state index contributed by atoms with van der Waals surface area (Å²) in [5, 5.41) is 0. The van der Waals surface area contributed by atoms with Crippen LogP contribution in [0.2, 0.25) is 0 Å². The van der Waals surface area contributed by atoms with Crippen molar-refractivity contribution in [3.05, 3.63) is 36.4 Å². The molecule has 0 radical (unpaired) electrons. The van der Waals surface area contributed by atoms with Gasteiger partial charge in [0.2, 0.25) is 11.8 Å². The zero-order chi connectivity index (χ0) is 20.1. The lowest BCUT2D eigenvalue weighted by atomic mass is 9.96. The zero-order valence-electron chi connectivity index (χ0n) is 17.3. The lowest BCUT2D eigenvalue weighted by Crippen LogP contribution is -2.44. The van der Waals surface area contributed by atoms with Crippen LogP contribution in [0.1, 0.15) is 51.5 Å². The molecule has 2 aliphatic rings. The molecule has 2 heterocycles. The van der Waals surface area contributed by atoms with Crippen LogP contribution in [0.25, 0.3) is 0 Å². The van der Waals surface area contributed by atoms with Gasteiger partial charge in [-0.3, -0.25) is 9.59 Å². The van der Waals surface area contributed by atoms with Gasteiger partial charge in [-0.05, 0) is 75.3 Å². The van der Waals surface area contributed by atoms with Crippen LogP contribution < -0.4 is 9.80 Å². The summed E-state index contributed by atoms with van der Waals surface area (Å²) in [5.74, 6) is -0.214. The number of piperidine rings is 1. The second-order valence-electron chi connectivity index (χ2n) is 7.77. The van der Waals surface area contributed by atoms with Crippen LogP contribution in [-0.2, 0) is 16.0 Å². The first-order valence-electron chi connectivity index (χ1n) is 10.7. The van der Waals surface area contributed by atoms with Crippen molar-refractivity contribution in [1.29, 1.82) is 0 Å². The SMILES string of the molecule is C=CC(=O)N(CC)CC(=O)N1CCCc2cc(N3CCCCC3CC)ccc21. The highest BCUT2D eigenvalue weighted by Gasteiger charge is 2.27. The van der Waals surface area contributed by atoms with Gasteiger partial charge in [0.15, 0.2) is 0 Å². The molecule has 5 heteroatoms. The third kappa shape index (κ3) is 4.23. The van der Waals surface area contributed by atoms with Crippen LogP contribution in [0, 0.1) is 0 Å². The van der Waals surface area contributed by atoms with Gasteiger partial charge in [-0.2, -0.15) is 0 Å². The number of aryl methyl sites for hydroxylation is 1. The average molecular weight is 384 g/mol. The van der Waals surface area contributed by atoms with Gasteiger partial charge in [0.05, 0.1) is 0 Å². The second kappa shape index (κ2) is 9.26. The van der Waals surface area contributed by atoms with Crippen molar-refractivity contribution in [3.63, 3.8) is 0 Å². The number of nitrogens with zero attached hydrogens (tertiary/aromatic N) is 3. The lowest BCUT2D eigenvalue weighted by Gasteiger charge is -2.38. The highest BCUT2D eigenvalue weighted by Crippen LogP contribution is 2.34. The zero-order valence-corrected chi connectivity index (χ0v) is 17.3. The largest absolute Gasteiger partial charge is 0.369 e. The molecule has 0 aliphatic carbocycles. The molecule has 2 amide bonds. The minimum atomic E-state index is -0.195. The van der Waals surface area contributed by atoms with E-state index in [9.17, 15) is 9.59 Å². The number of hydrogen-bond acceptors (Lipinski definition) is 3. The van der Waals surface area contributed by atoms with Gasteiger partial charge in [-0.25, -0.2) is 0 Å². The summed E-state index contributed by atoms with van der Waals surface area (Å²) < 4.78 is 0. The molecule has 1 unspecified atom stereocenters. The smallest absolute Gasteiger partial charge is 0.246 e. The summed E-state index contributed by atoms with van der Waals surface area (Å²) in [4.78, 5) is 30.8. The Labute approximate surface area is 169 Å². The monoisotopic (exact) mass is 383 g/mol. The quantitative estimate of drug-likeness (QED) is 0.703. The average Bonchev–Trinajstić information content (AvgIpc) is 2.75. The Morgan fingerprint density at radius 2 is 2.04 bits per heavy atom. The third-order valence-corrected chi connectivity index (χ3v) is 6.11. The maximum absolute atomic E-state index is 12.9. The summed E-state index contributed by atoms with van der Waals surface area (Å²) in [6, 6.07) is 7.19. The van der Waals surface area contributed by atoms with E-state index in [4.69, 9.17) is 0 Å². The van der Waals surface area contributed by atoms with Gasteiger partial charge in [0.1, 0.15) is 6.54 Å². The van der Waals surface area contributed by atoms with Gasteiger partial charge < -0.3 is 14.7 Å². The molecule has 2 aliphatic heterocycles. The molecule has 3 rings (SSSR count). The molecule has 1 aromatic rings. The number of anilines is 2. The minimum Gasteiger partial charge on any atom is -0.369 e. The molecule has 152 valence electrons. The number of rotatable bonds is 6. The van der Waals surface area contributed by atoms with Crippen molar-refractivity contribution in [2.75, 3.05) is 36.0 Å². The summed E-state index contributed by atoms with van der Waals surface area (Å²) in [6.45, 7) is 10.1. The molecule has 0 aromatic heterocycles. The van der Waals surface area contributed by atoms with Crippen LogP contribution in [0.3, 0.4) is 0 Å². The maximum Gasteiger partial charge on any atom is 0.246 e. The molecule has 28 heavy (non-hydrogen) atoms. The summed E-state index contributed by atoms with van der Waals surface area (Å²) in [5.41, 5.74) is 3.54. The first kappa shape index (κ1) is 20.4. The minimum absolute atomic E-state index is 0.0184. The number of likely N-dealkylation sites (N-methyl/N-ethyl adjacent to an activating group) is 1. The molecule has 0 spiro atoms. The van der Waals surface area contributed by atoms with Crippen molar-refractivity contribution in [2.24, 2.45) is 0 Å². The van der Waals surface area contributed by atoms with Crippen molar-refractivity contribution in [2.45, 2.75) is 58.4 Å². The fourth-order valence-corrected chi connectivity index (χ4v) is 4.51. The van der Waals surface area contributed by atoms with E-state index >= 15 is 0 Å². The van der Waals surface area contributed by atoms with E-state index in [-0.39, 0.29) is 18.4 Å². The predicted molar refractivity (Wildman–Crippen MR) is 115 cm³/mol. The molecule has 0 bridgehead atoms. The molecular weight excluding hydrogens is 350 g/mol. The fraction of sp³-hybridized carbons (Fsp3) is 0.565. The van der Waals surface area contributed by atoms with Crippen LogP contribution in [0.4, 0.5) is 11.4 Å². The molecule has 1 fully saturated rings. The Bertz CT molecular complexity index is 731. The fourth-order valence-electron chi connectivity index (χ4n) is 4.51. The van der Waals surface area contributed by atoms with Crippen molar-refractivity contribution < 1.29 is 9.59 Å². The van der Waals surface area contributed by atoms with Gasteiger partial charge in [-0.1, -0.05) is 13.5 Å². The van der Waals surface area contributed by atoms with Crippen LogP contribution >= 0.6 is 0 Å². The molecule has 1 aromatic carbocycles. The second-order valence-corrected chi connectivity index (χ2v) is 7.77. The van der Waals surface area contributed by atoms with Crippen molar-refractivity contribution >= 4 is 23.2 Å². The molecule has 1 atom stereocenters. The van der Waals surface area contributed by atoms with E-state index in [2.05, 4.69) is 36.6 Å². The lowest BCUT2D eigenvalue weighted by molar-refractivity contribution is -0.131.